The lowest BCUT2D eigenvalue weighted by atomic mass is 10.4. The van der Waals surface area contributed by atoms with Gasteiger partial charge in [0.1, 0.15) is 12.3 Å². The molecule has 0 bridgehead atoms. The van der Waals surface area contributed by atoms with Gasteiger partial charge in [-0.05, 0) is 0 Å². The average molecular weight is 326 g/mol. The second-order valence-electron chi connectivity index (χ2n) is 3.19. The molecule has 0 aliphatic heterocycles. The Hall–Kier alpha value is -0.310. The fourth-order valence-electron chi connectivity index (χ4n) is 0.926. The van der Waals surface area contributed by atoms with E-state index in [0.29, 0.717) is 4.90 Å². The molecular formula is C7H11BrF3NO3S. The Bertz CT molecular complexity index is 341. The monoisotopic (exact) mass is 325 g/mol. The van der Waals surface area contributed by atoms with Gasteiger partial charge in [-0.2, -0.15) is 13.2 Å². The minimum atomic E-state index is -4.53. The summed E-state index contributed by atoms with van der Waals surface area (Å²) in [5.74, 6) is -1.95. The van der Waals surface area contributed by atoms with Gasteiger partial charge in [0.25, 0.3) is 0 Å². The molecule has 0 saturated heterocycles. The van der Waals surface area contributed by atoms with E-state index in [2.05, 4.69) is 15.9 Å². The average Bonchev–Trinajstić information content (AvgIpc) is 1.97. The lowest BCUT2D eigenvalue weighted by Crippen LogP contribution is -2.42. The van der Waals surface area contributed by atoms with Crippen LogP contribution in [0.1, 0.15) is 0 Å². The van der Waals surface area contributed by atoms with Crippen LogP contribution in [0.3, 0.4) is 0 Å². The van der Waals surface area contributed by atoms with E-state index in [-0.39, 0.29) is 11.9 Å². The van der Waals surface area contributed by atoms with Crippen molar-refractivity contribution in [2.75, 3.05) is 30.4 Å². The quantitative estimate of drug-likeness (QED) is 0.703. The second-order valence-corrected chi connectivity index (χ2v) is 6.12. The van der Waals surface area contributed by atoms with Crippen LogP contribution in [0.4, 0.5) is 13.2 Å². The van der Waals surface area contributed by atoms with E-state index in [0.717, 1.165) is 6.26 Å². The number of nitrogens with zero attached hydrogens (tertiary/aromatic N) is 1. The number of halogens is 4. The van der Waals surface area contributed by atoms with Gasteiger partial charge in [-0.1, -0.05) is 15.9 Å². The number of hydrogen-bond acceptors (Lipinski definition) is 3. The third-order valence-corrected chi connectivity index (χ3v) is 2.59. The minimum Gasteiger partial charge on any atom is -0.332 e. The summed E-state index contributed by atoms with van der Waals surface area (Å²) in [6.07, 6.45) is -3.74. The van der Waals surface area contributed by atoms with Crippen molar-refractivity contribution in [1.82, 2.24) is 4.90 Å². The van der Waals surface area contributed by atoms with Gasteiger partial charge in [0.2, 0.25) is 5.91 Å². The van der Waals surface area contributed by atoms with Gasteiger partial charge in [0, 0.05) is 18.1 Å². The van der Waals surface area contributed by atoms with E-state index in [9.17, 15) is 26.4 Å². The molecule has 96 valence electrons. The lowest BCUT2D eigenvalue weighted by molar-refractivity contribution is -0.159. The molecule has 0 radical (unpaired) electrons. The molecule has 0 aromatic heterocycles. The van der Waals surface area contributed by atoms with Gasteiger partial charge < -0.3 is 4.90 Å². The molecule has 4 nitrogen and oxygen atoms in total. The maximum atomic E-state index is 12.1. The normalized spacial score (nSPS) is 12.6. The van der Waals surface area contributed by atoms with Crippen molar-refractivity contribution < 1.29 is 26.4 Å². The standard InChI is InChI=1S/C7H11BrF3NO3S/c1-16(14,15)4-6(13)12(3-2-8)5-7(9,10)11/h2-5H2,1H3. The minimum absolute atomic E-state index is 0.151. The van der Waals surface area contributed by atoms with Gasteiger partial charge in [0.05, 0.1) is 0 Å². The molecule has 0 aliphatic carbocycles. The molecule has 16 heavy (non-hydrogen) atoms. The number of carbonyl (C=O) groups is 1. The summed E-state index contributed by atoms with van der Waals surface area (Å²) in [5, 5.41) is 0.151. The topological polar surface area (TPSA) is 54.5 Å². The van der Waals surface area contributed by atoms with E-state index in [1.165, 1.54) is 0 Å². The third-order valence-electron chi connectivity index (χ3n) is 1.46. The zero-order valence-electron chi connectivity index (χ0n) is 8.42. The highest BCUT2D eigenvalue weighted by Gasteiger charge is 2.33. The van der Waals surface area contributed by atoms with Crippen molar-refractivity contribution in [2.24, 2.45) is 0 Å². The van der Waals surface area contributed by atoms with Crippen LogP contribution in [0.2, 0.25) is 0 Å². The number of amides is 1. The van der Waals surface area contributed by atoms with E-state index >= 15 is 0 Å². The van der Waals surface area contributed by atoms with Crippen molar-refractivity contribution in [3.05, 3.63) is 0 Å². The second kappa shape index (κ2) is 5.85. The summed E-state index contributed by atoms with van der Waals surface area (Å²) in [6, 6.07) is 0. The summed E-state index contributed by atoms with van der Waals surface area (Å²) >= 11 is 2.89. The van der Waals surface area contributed by atoms with Crippen LogP contribution in [0.15, 0.2) is 0 Å². The summed E-state index contributed by atoms with van der Waals surface area (Å²) in [7, 11) is -3.62. The largest absolute Gasteiger partial charge is 0.406 e. The summed E-state index contributed by atoms with van der Waals surface area (Å²) < 4.78 is 57.7. The van der Waals surface area contributed by atoms with Crippen molar-refractivity contribution >= 4 is 31.7 Å². The lowest BCUT2D eigenvalue weighted by Gasteiger charge is -2.22. The molecule has 0 aromatic rings. The number of alkyl halides is 4. The maximum absolute atomic E-state index is 12.1. The van der Waals surface area contributed by atoms with Crippen LogP contribution in [0, 0.1) is 0 Å². The predicted molar refractivity (Wildman–Crippen MR) is 56.1 cm³/mol. The van der Waals surface area contributed by atoms with Gasteiger partial charge in [-0.25, -0.2) is 8.42 Å². The Kier molecular flexibility index (Phi) is 5.74. The van der Waals surface area contributed by atoms with Crippen LogP contribution in [0.25, 0.3) is 0 Å². The van der Waals surface area contributed by atoms with Crippen LogP contribution >= 0.6 is 15.9 Å². The third kappa shape index (κ3) is 7.91. The highest BCUT2D eigenvalue weighted by molar-refractivity contribution is 9.09. The zero-order valence-corrected chi connectivity index (χ0v) is 10.8. The molecule has 1 amide bonds. The van der Waals surface area contributed by atoms with Gasteiger partial charge in [-0.15, -0.1) is 0 Å². The zero-order chi connectivity index (χ0) is 13.0. The van der Waals surface area contributed by atoms with Crippen LogP contribution in [-0.4, -0.2) is 55.8 Å². The Labute approximate surface area is 99.8 Å². The van der Waals surface area contributed by atoms with E-state index in [1.54, 1.807) is 0 Å². The number of sulfone groups is 1. The van der Waals surface area contributed by atoms with Crippen molar-refractivity contribution in [2.45, 2.75) is 6.18 Å². The molecule has 0 unspecified atom stereocenters. The molecule has 0 N–H and O–H groups in total. The first-order valence-corrected chi connectivity index (χ1v) is 7.31. The predicted octanol–water partition coefficient (Wildman–Crippen LogP) is 0.817. The molecule has 0 aliphatic rings. The molecule has 0 aromatic carbocycles. The highest BCUT2D eigenvalue weighted by Crippen LogP contribution is 2.16. The van der Waals surface area contributed by atoms with Gasteiger partial charge >= 0.3 is 6.18 Å². The fraction of sp³-hybridized carbons (Fsp3) is 0.857. The molecular weight excluding hydrogens is 315 g/mol. The first kappa shape index (κ1) is 15.7. The van der Waals surface area contributed by atoms with Crippen molar-refractivity contribution in [3.63, 3.8) is 0 Å². The van der Waals surface area contributed by atoms with Gasteiger partial charge in [0.15, 0.2) is 9.84 Å². The highest BCUT2D eigenvalue weighted by atomic mass is 79.9. The van der Waals surface area contributed by atoms with Crippen LogP contribution in [0.5, 0.6) is 0 Å². The summed E-state index contributed by atoms with van der Waals surface area (Å²) in [5.41, 5.74) is 0. The Morgan fingerprint density at radius 2 is 1.88 bits per heavy atom. The van der Waals surface area contributed by atoms with Crippen LogP contribution in [-0.2, 0) is 14.6 Å². The van der Waals surface area contributed by atoms with Crippen LogP contribution < -0.4 is 0 Å². The number of hydrogen-bond donors (Lipinski definition) is 0. The Morgan fingerprint density at radius 3 is 2.19 bits per heavy atom. The number of rotatable bonds is 5. The molecule has 0 atom stereocenters. The molecule has 0 spiro atoms. The number of carbonyl (C=O) groups excluding carboxylic acids is 1. The van der Waals surface area contributed by atoms with Crippen molar-refractivity contribution in [1.29, 1.82) is 0 Å². The maximum Gasteiger partial charge on any atom is 0.406 e. The SMILES string of the molecule is CS(=O)(=O)CC(=O)N(CCBr)CC(F)(F)F. The molecule has 9 heteroatoms. The molecule has 0 heterocycles. The van der Waals surface area contributed by atoms with Crippen molar-refractivity contribution in [3.8, 4) is 0 Å². The first-order valence-electron chi connectivity index (χ1n) is 4.13. The summed E-state index contributed by atoms with van der Waals surface area (Å²) in [6.45, 7) is -1.62. The van der Waals surface area contributed by atoms with E-state index in [4.69, 9.17) is 0 Å². The molecule has 0 saturated carbocycles. The Morgan fingerprint density at radius 1 is 1.38 bits per heavy atom. The molecule has 0 rings (SSSR count). The smallest absolute Gasteiger partial charge is 0.332 e. The fourth-order valence-corrected chi connectivity index (χ4v) is 1.99. The molecule has 0 fully saturated rings. The van der Waals surface area contributed by atoms with Gasteiger partial charge in [-0.3, -0.25) is 4.79 Å². The van der Waals surface area contributed by atoms with E-state index < -0.39 is 34.2 Å². The Balaban J connectivity index is 4.60. The summed E-state index contributed by atoms with van der Waals surface area (Å²) in [4.78, 5) is 11.7. The van der Waals surface area contributed by atoms with E-state index in [1.807, 2.05) is 0 Å². The first-order chi connectivity index (χ1) is 7.05.